The molecule has 3 heterocycles. The van der Waals surface area contributed by atoms with Crippen LogP contribution in [0.2, 0.25) is 5.02 Å². The smallest absolute Gasteiger partial charge is 0.253 e. The molecule has 0 radical (unpaired) electrons. The number of amides is 1. The molecule has 8 heteroatoms. The van der Waals surface area contributed by atoms with E-state index in [4.69, 9.17) is 11.6 Å². The Labute approximate surface area is 143 Å². The van der Waals surface area contributed by atoms with E-state index in [0.717, 1.165) is 24.4 Å². The van der Waals surface area contributed by atoms with Crippen LogP contribution in [0.15, 0.2) is 43.0 Å². The monoisotopic (exact) mass is 342 g/mol. The summed E-state index contributed by atoms with van der Waals surface area (Å²) in [7, 11) is 0. The van der Waals surface area contributed by atoms with Gasteiger partial charge in [-0.15, -0.1) is 10.2 Å². The first-order chi connectivity index (χ1) is 11.7. The summed E-state index contributed by atoms with van der Waals surface area (Å²) in [5, 5.41) is 11.5. The molecule has 0 unspecified atom stereocenters. The summed E-state index contributed by atoms with van der Waals surface area (Å²) < 4.78 is 1.83. The first-order valence-corrected chi connectivity index (χ1v) is 8.05. The molecule has 1 atom stereocenters. The number of carbonyl (C=O) groups excluding carboxylic acids is 1. The Balaban J connectivity index is 1.48. The first kappa shape index (κ1) is 14.9. The Bertz CT molecular complexity index is 895. The number of rotatable bonds is 3. The quantitative estimate of drug-likeness (QED) is 0.785. The minimum absolute atomic E-state index is 0.0405. The van der Waals surface area contributed by atoms with Crippen molar-refractivity contribution >= 4 is 29.0 Å². The van der Waals surface area contributed by atoms with Crippen molar-refractivity contribution in [2.45, 2.75) is 12.5 Å². The zero-order chi connectivity index (χ0) is 16.5. The van der Waals surface area contributed by atoms with Crippen molar-refractivity contribution in [3.8, 4) is 0 Å². The number of hydrogen-bond donors (Lipinski definition) is 1. The summed E-state index contributed by atoms with van der Waals surface area (Å²) in [5.41, 5.74) is 1.21. The van der Waals surface area contributed by atoms with Crippen LogP contribution in [-0.4, -0.2) is 44.6 Å². The maximum Gasteiger partial charge on any atom is 0.253 e. The zero-order valence-corrected chi connectivity index (χ0v) is 13.5. The molecule has 1 aliphatic rings. The molecule has 1 aliphatic heterocycles. The SMILES string of the molecule is O=C(N[C@@H]1CCN(c2nccn3cnnc23)C1)c1ccccc1Cl. The third-order valence-electron chi connectivity index (χ3n) is 4.14. The summed E-state index contributed by atoms with van der Waals surface area (Å²) >= 11 is 6.08. The van der Waals surface area contributed by atoms with Crippen LogP contribution in [0.5, 0.6) is 0 Å². The summed E-state index contributed by atoms with van der Waals surface area (Å²) in [6.45, 7) is 1.47. The van der Waals surface area contributed by atoms with Gasteiger partial charge in [0.05, 0.1) is 10.6 Å². The molecule has 1 saturated heterocycles. The van der Waals surface area contributed by atoms with Gasteiger partial charge in [-0.2, -0.15) is 0 Å². The Morgan fingerprint density at radius 1 is 1.33 bits per heavy atom. The maximum atomic E-state index is 12.4. The highest BCUT2D eigenvalue weighted by atomic mass is 35.5. The van der Waals surface area contributed by atoms with Crippen LogP contribution in [0.25, 0.3) is 5.65 Å². The number of halogens is 1. The summed E-state index contributed by atoms with van der Waals surface area (Å²) in [6, 6.07) is 7.09. The summed E-state index contributed by atoms with van der Waals surface area (Å²) in [5.74, 6) is 0.630. The summed E-state index contributed by atoms with van der Waals surface area (Å²) in [6.07, 6.45) is 6.02. The lowest BCUT2D eigenvalue weighted by Crippen LogP contribution is -2.37. The second-order valence-electron chi connectivity index (χ2n) is 5.70. The van der Waals surface area contributed by atoms with Crippen molar-refractivity contribution in [3.05, 3.63) is 53.6 Å². The van der Waals surface area contributed by atoms with Gasteiger partial charge in [-0.1, -0.05) is 23.7 Å². The van der Waals surface area contributed by atoms with Crippen molar-refractivity contribution in [2.75, 3.05) is 18.0 Å². The minimum atomic E-state index is -0.152. The molecule has 1 N–H and O–H groups in total. The number of fused-ring (bicyclic) bond motifs is 1. The van der Waals surface area contributed by atoms with E-state index in [-0.39, 0.29) is 11.9 Å². The largest absolute Gasteiger partial charge is 0.351 e. The van der Waals surface area contributed by atoms with Gasteiger partial charge < -0.3 is 10.2 Å². The van der Waals surface area contributed by atoms with E-state index in [2.05, 4.69) is 25.4 Å². The molecule has 0 spiro atoms. The van der Waals surface area contributed by atoms with Gasteiger partial charge in [0.15, 0.2) is 5.82 Å². The molecule has 24 heavy (non-hydrogen) atoms. The maximum absolute atomic E-state index is 12.4. The number of nitrogens with one attached hydrogen (secondary N) is 1. The number of hydrogen-bond acceptors (Lipinski definition) is 5. The molecular formula is C16H15ClN6O. The average Bonchev–Trinajstić information content (AvgIpc) is 3.23. The first-order valence-electron chi connectivity index (χ1n) is 7.67. The number of nitrogens with zero attached hydrogens (tertiary/aromatic N) is 5. The van der Waals surface area contributed by atoms with Crippen LogP contribution in [0.1, 0.15) is 16.8 Å². The molecule has 1 aromatic carbocycles. The highest BCUT2D eigenvalue weighted by Crippen LogP contribution is 2.22. The zero-order valence-electron chi connectivity index (χ0n) is 12.8. The second-order valence-corrected chi connectivity index (χ2v) is 6.10. The lowest BCUT2D eigenvalue weighted by atomic mass is 10.2. The molecule has 122 valence electrons. The Hall–Kier alpha value is -2.67. The molecular weight excluding hydrogens is 328 g/mol. The lowest BCUT2D eigenvalue weighted by Gasteiger charge is -2.18. The van der Waals surface area contributed by atoms with E-state index in [1.807, 2.05) is 10.6 Å². The van der Waals surface area contributed by atoms with Gasteiger partial charge >= 0.3 is 0 Å². The average molecular weight is 343 g/mol. The van der Waals surface area contributed by atoms with Gasteiger partial charge in [0, 0.05) is 31.5 Å². The van der Waals surface area contributed by atoms with Crippen LogP contribution < -0.4 is 10.2 Å². The fourth-order valence-electron chi connectivity index (χ4n) is 2.95. The minimum Gasteiger partial charge on any atom is -0.351 e. The predicted octanol–water partition coefficient (Wildman–Crippen LogP) is 1.79. The molecule has 3 aromatic rings. The van der Waals surface area contributed by atoms with Gasteiger partial charge in [0.25, 0.3) is 5.91 Å². The Morgan fingerprint density at radius 2 is 2.21 bits per heavy atom. The fraction of sp³-hybridized carbons (Fsp3) is 0.250. The van der Waals surface area contributed by atoms with Gasteiger partial charge in [0.1, 0.15) is 6.33 Å². The second kappa shape index (κ2) is 6.09. The van der Waals surface area contributed by atoms with E-state index in [0.29, 0.717) is 17.1 Å². The van der Waals surface area contributed by atoms with Crippen LogP contribution in [-0.2, 0) is 0 Å². The Kier molecular flexibility index (Phi) is 3.78. The van der Waals surface area contributed by atoms with E-state index < -0.39 is 0 Å². The number of carbonyl (C=O) groups is 1. The van der Waals surface area contributed by atoms with Crippen molar-refractivity contribution in [1.29, 1.82) is 0 Å². The van der Waals surface area contributed by atoms with E-state index in [1.54, 1.807) is 36.8 Å². The van der Waals surface area contributed by atoms with Crippen molar-refractivity contribution in [1.82, 2.24) is 24.9 Å². The third kappa shape index (κ3) is 2.67. The number of anilines is 1. The third-order valence-corrected chi connectivity index (χ3v) is 4.47. The molecule has 1 fully saturated rings. The van der Waals surface area contributed by atoms with Crippen LogP contribution in [0.3, 0.4) is 0 Å². The molecule has 0 aliphatic carbocycles. The fourth-order valence-corrected chi connectivity index (χ4v) is 3.17. The normalized spacial score (nSPS) is 17.4. The molecule has 1 amide bonds. The van der Waals surface area contributed by atoms with Crippen LogP contribution >= 0.6 is 11.6 Å². The number of benzene rings is 1. The molecule has 2 aromatic heterocycles. The Morgan fingerprint density at radius 3 is 3.08 bits per heavy atom. The predicted molar refractivity (Wildman–Crippen MR) is 90.3 cm³/mol. The van der Waals surface area contributed by atoms with Crippen molar-refractivity contribution in [2.24, 2.45) is 0 Å². The molecule has 0 saturated carbocycles. The highest BCUT2D eigenvalue weighted by molar-refractivity contribution is 6.33. The van der Waals surface area contributed by atoms with Crippen LogP contribution in [0.4, 0.5) is 5.82 Å². The number of aromatic nitrogens is 4. The van der Waals surface area contributed by atoms with Crippen molar-refractivity contribution in [3.63, 3.8) is 0 Å². The van der Waals surface area contributed by atoms with Gasteiger partial charge in [0.2, 0.25) is 5.65 Å². The van der Waals surface area contributed by atoms with Gasteiger partial charge in [-0.3, -0.25) is 9.20 Å². The van der Waals surface area contributed by atoms with Crippen molar-refractivity contribution < 1.29 is 4.79 Å². The molecule has 4 rings (SSSR count). The molecule has 7 nitrogen and oxygen atoms in total. The topological polar surface area (TPSA) is 75.4 Å². The van der Waals surface area contributed by atoms with E-state index in [9.17, 15) is 4.79 Å². The lowest BCUT2D eigenvalue weighted by molar-refractivity contribution is 0.0940. The summed E-state index contributed by atoms with van der Waals surface area (Å²) in [4.78, 5) is 18.9. The van der Waals surface area contributed by atoms with E-state index in [1.165, 1.54) is 0 Å². The van der Waals surface area contributed by atoms with Crippen LogP contribution in [0, 0.1) is 0 Å². The van der Waals surface area contributed by atoms with E-state index >= 15 is 0 Å². The molecule has 0 bridgehead atoms. The van der Waals surface area contributed by atoms with Gasteiger partial charge in [-0.25, -0.2) is 4.98 Å². The standard InChI is InChI=1S/C16H15ClN6O/c17-13-4-2-1-3-12(13)16(24)20-11-5-7-22(9-11)14-15-21-19-10-23(15)8-6-18-14/h1-4,6,8,10-11H,5,7,9H2,(H,20,24)/t11-/m1/s1. The van der Waals surface area contributed by atoms with Gasteiger partial charge in [-0.05, 0) is 18.6 Å². The highest BCUT2D eigenvalue weighted by Gasteiger charge is 2.27.